The molecule has 7 heteroatoms. The van der Waals surface area contributed by atoms with E-state index in [0.717, 1.165) is 11.1 Å². The Bertz CT molecular complexity index is 756. The van der Waals surface area contributed by atoms with Gasteiger partial charge in [0, 0.05) is 32.1 Å². The number of carbonyl (C=O) groups is 1. The summed E-state index contributed by atoms with van der Waals surface area (Å²) >= 11 is 0. The van der Waals surface area contributed by atoms with Crippen LogP contribution in [0.5, 0.6) is 0 Å². The van der Waals surface area contributed by atoms with Crippen LogP contribution in [0.3, 0.4) is 0 Å². The van der Waals surface area contributed by atoms with Crippen LogP contribution >= 0.6 is 24.0 Å². The highest BCUT2D eigenvalue weighted by Gasteiger charge is 2.13. The van der Waals surface area contributed by atoms with Gasteiger partial charge in [-0.15, -0.1) is 24.0 Å². The molecular formula is C23H33IN4O2. The number of nitrogens with one attached hydrogen (secondary N) is 2. The first kappa shape index (κ1) is 25.9. The van der Waals surface area contributed by atoms with Crippen LogP contribution in [-0.2, 0) is 11.3 Å². The van der Waals surface area contributed by atoms with Gasteiger partial charge in [-0.1, -0.05) is 60.7 Å². The van der Waals surface area contributed by atoms with Crippen molar-refractivity contribution in [2.75, 3.05) is 32.8 Å². The molecule has 6 nitrogen and oxygen atoms in total. The lowest BCUT2D eigenvalue weighted by Crippen LogP contribution is -2.41. The van der Waals surface area contributed by atoms with Gasteiger partial charge in [-0.05, 0) is 25.0 Å². The molecule has 0 saturated carbocycles. The first-order valence-corrected chi connectivity index (χ1v) is 10.2. The average molecular weight is 524 g/mol. The molecule has 3 N–H and O–H groups in total. The number of aliphatic imine (C=N–C) groups is 1. The molecular weight excluding hydrogens is 491 g/mol. The van der Waals surface area contributed by atoms with Gasteiger partial charge in [0.2, 0.25) is 5.91 Å². The van der Waals surface area contributed by atoms with E-state index in [0.29, 0.717) is 32.1 Å². The van der Waals surface area contributed by atoms with Gasteiger partial charge in [-0.2, -0.15) is 0 Å². The first-order valence-electron chi connectivity index (χ1n) is 10.2. The molecule has 0 aromatic heterocycles. The second-order valence-corrected chi connectivity index (χ2v) is 6.76. The second-order valence-electron chi connectivity index (χ2n) is 6.76. The molecule has 0 aliphatic rings. The van der Waals surface area contributed by atoms with Crippen LogP contribution in [0.2, 0.25) is 0 Å². The normalized spacial score (nSPS) is 11.9. The van der Waals surface area contributed by atoms with Gasteiger partial charge in [0.15, 0.2) is 5.96 Å². The van der Waals surface area contributed by atoms with E-state index in [9.17, 15) is 9.90 Å². The van der Waals surface area contributed by atoms with Crippen LogP contribution in [0.25, 0.3) is 0 Å². The number of aliphatic hydroxyl groups excluding tert-OH is 1. The molecule has 1 amide bonds. The maximum absolute atomic E-state index is 12.6. The zero-order chi connectivity index (χ0) is 20.9. The molecule has 0 fully saturated rings. The monoisotopic (exact) mass is 524 g/mol. The van der Waals surface area contributed by atoms with Crippen molar-refractivity contribution in [3.8, 4) is 0 Å². The quantitative estimate of drug-likeness (QED) is 0.254. The standard InChI is InChI=1S/C23H32N4O2.HI/c1-3-24-23(25-15-21(18-28)20-13-9-6-10-14-20)26-16-22(29)27(4-2)17-19-11-7-5-8-12-19;/h5-14,21,28H,3-4,15-18H2,1-2H3,(H2,24,25,26);1H. The summed E-state index contributed by atoms with van der Waals surface area (Å²) in [5.74, 6) is 0.516. The van der Waals surface area contributed by atoms with E-state index < -0.39 is 0 Å². The minimum Gasteiger partial charge on any atom is -0.396 e. The zero-order valence-corrected chi connectivity index (χ0v) is 20.1. The topological polar surface area (TPSA) is 77.0 Å². The third-order valence-electron chi connectivity index (χ3n) is 4.67. The summed E-state index contributed by atoms with van der Waals surface area (Å²) in [5, 5.41) is 16.1. The van der Waals surface area contributed by atoms with E-state index in [1.54, 1.807) is 4.90 Å². The second kappa shape index (κ2) is 14.8. The van der Waals surface area contributed by atoms with Crippen LogP contribution in [0, 0.1) is 0 Å². The van der Waals surface area contributed by atoms with E-state index in [4.69, 9.17) is 0 Å². The molecule has 1 unspecified atom stereocenters. The molecule has 0 radical (unpaired) electrons. The molecule has 0 heterocycles. The summed E-state index contributed by atoms with van der Waals surface area (Å²) < 4.78 is 0. The van der Waals surface area contributed by atoms with E-state index in [2.05, 4.69) is 15.6 Å². The van der Waals surface area contributed by atoms with E-state index in [1.165, 1.54) is 0 Å². The zero-order valence-electron chi connectivity index (χ0n) is 17.8. The number of amides is 1. The Morgan fingerprint density at radius 3 is 2.23 bits per heavy atom. The molecule has 0 aliphatic heterocycles. The smallest absolute Gasteiger partial charge is 0.244 e. The van der Waals surface area contributed by atoms with Gasteiger partial charge in [-0.3, -0.25) is 4.79 Å². The van der Waals surface area contributed by atoms with Crippen molar-refractivity contribution >= 4 is 35.8 Å². The molecule has 0 spiro atoms. The number of rotatable bonds is 10. The van der Waals surface area contributed by atoms with Crippen molar-refractivity contribution in [2.45, 2.75) is 26.3 Å². The van der Waals surface area contributed by atoms with Gasteiger partial charge in [-0.25, -0.2) is 4.99 Å². The number of benzene rings is 2. The predicted octanol–water partition coefficient (Wildman–Crippen LogP) is 2.98. The summed E-state index contributed by atoms with van der Waals surface area (Å²) in [4.78, 5) is 18.9. The Morgan fingerprint density at radius 1 is 1.03 bits per heavy atom. The minimum absolute atomic E-state index is 0. The van der Waals surface area contributed by atoms with Crippen molar-refractivity contribution in [3.05, 3.63) is 71.8 Å². The minimum atomic E-state index is -0.0408. The van der Waals surface area contributed by atoms with Crippen LogP contribution in [0.4, 0.5) is 0 Å². The third kappa shape index (κ3) is 8.71. The summed E-state index contributed by atoms with van der Waals surface area (Å²) in [7, 11) is 0. The van der Waals surface area contributed by atoms with Crippen LogP contribution < -0.4 is 10.6 Å². The Labute approximate surface area is 196 Å². The molecule has 0 bridgehead atoms. The number of carbonyl (C=O) groups excluding carboxylic acids is 1. The third-order valence-corrected chi connectivity index (χ3v) is 4.67. The average Bonchev–Trinajstić information content (AvgIpc) is 2.77. The summed E-state index contributed by atoms with van der Waals surface area (Å²) in [5.41, 5.74) is 2.17. The largest absolute Gasteiger partial charge is 0.396 e. The maximum atomic E-state index is 12.6. The van der Waals surface area contributed by atoms with E-state index >= 15 is 0 Å². The number of guanidine groups is 1. The fraction of sp³-hybridized carbons (Fsp3) is 0.391. The summed E-state index contributed by atoms with van der Waals surface area (Å²) in [6, 6.07) is 19.8. The van der Waals surface area contributed by atoms with E-state index in [1.807, 2.05) is 74.5 Å². The molecule has 2 rings (SSSR count). The van der Waals surface area contributed by atoms with Gasteiger partial charge in [0.25, 0.3) is 0 Å². The SMILES string of the molecule is CCNC(=NCC(=O)N(CC)Cc1ccccc1)NCC(CO)c1ccccc1.I. The molecule has 0 saturated heterocycles. The van der Waals surface area contributed by atoms with Gasteiger partial charge in [0.05, 0.1) is 6.61 Å². The van der Waals surface area contributed by atoms with Crippen LogP contribution in [0.15, 0.2) is 65.7 Å². The molecule has 30 heavy (non-hydrogen) atoms. The number of hydrogen-bond acceptors (Lipinski definition) is 3. The number of halogens is 1. The molecule has 2 aromatic carbocycles. The van der Waals surface area contributed by atoms with Crippen LogP contribution in [-0.4, -0.2) is 54.7 Å². The highest BCUT2D eigenvalue weighted by atomic mass is 127. The Hall–Kier alpha value is -2.13. The summed E-state index contributed by atoms with van der Waals surface area (Å²) in [6.45, 7) is 6.50. The number of likely N-dealkylation sites (N-methyl/N-ethyl adjacent to an activating group) is 1. The highest BCUT2D eigenvalue weighted by molar-refractivity contribution is 14.0. The lowest BCUT2D eigenvalue weighted by atomic mass is 10.0. The van der Waals surface area contributed by atoms with Crippen molar-refractivity contribution < 1.29 is 9.90 Å². The van der Waals surface area contributed by atoms with Crippen LogP contribution in [0.1, 0.15) is 30.9 Å². The Kier molecular flexibility index (Phi) is 12.8. The lowest BCUT2D eigenvalue weighted by molar-refractivity contribution is -0.130. The predicted molar refractivity (Wildman–Crippen MR) is 133 cm³/mol. The van der Waals surface area contributed by atoms with Gasteiger partial charge in [0.1, 0.15) is 6.54 Å². The Morgan fingerprint density at radius 2 is 1.67 bits per heavy atom. The van der Waals surface area contributed by atoms with Gasteiger partial charge < -0.3 is 20.6 Å². The molecule has 0 aliphatic carbocycles. The number of hydrogen-bond donors (Lipinski definition) is 3. The first-order chi connectivity index (χ1) is 14.2. The molecule has 2 aromatic rings. The van der Waals surface area contributed by atoms with Crippen molar-refractivity contribution in [1.29, 1.82) is 0 Å². The van der Waals surface area contributed by atoms with Gasteiger partial charge >= 0.3 is 0 Å². The maximum Gasteiger partial charge on any atom is 0.244 e. The Balaban J connectivity index is 0.00000450. The lowest BCUT2D eigenvalue weighted by Gasteiger charge is -2.21. The fourth-order valence-electron chi connectivity index (χ4n) is 3.00. The molecule has 164 valence electrons. The molecule has 1 atom stereocenters. The van der Waals surface area contributed by atoms with Crippen molar-refractivity contribution in [2.24, 2.45) is 4.99 Å². The summed E-state index contributed by atoms with van der Waals surface area (Å²) in [6.07, 6.45) is 0. The number of aliphatic hydroxyl groups is 1. The number of nitrogens with zero attached hydrogens (tertiary/aromatic N) is 2. The van der Waals surface area contributed by atoms with Crippen molar-refractivity contribution in [1.82, 2.24) is 15.5 Å². The van der Waals surface area contributed by atoms with E-state index in [-0.39, 0.29) is 49.0 Å². The fourth-order valence-corrected chi connectivity index (χ4v) is 3.00. The van der Waals surface area contributed by atoms with Crippen molar-refractivity contribution in [3.63, 3.8) is 0 Å². The highest BCUT2D eigenvalue weighted by Crippen LogP contribution is 2.13.